The SMILES string of the molecule is CCCCCCCNN=NC. The molecule has 66 valence electrons. The van der Waals surface area contributed by atoms with Crippen LogP contribution in [-0.2, 0) is 0 Å². The van der Waals surface area contributed by atoms with Crippen LogP contribution in [0.1, 0.15) is 39.0 Å². The molecule has 0 rings (SSSR count). The Labute approximate surface area is 69.3 Å². The zero-order valence-corrected chi connectivity index (χ0v) is 7.64. The maximum Gasteiger partial charge on any atom is 0.0509 e. The van der Waals surface area contributed by atoms with Gasteiger partial charge in [0.15, 0.2) is 0 Å². The Morgan fingerprint density at radius 1 is 1.09 bits per heavy atom. The van der Waals surface area contributed by atoms with Gasteiger partial charge in [-0.2, -0.15) is 5.11 Å². The van der Waals surface area contributed by atoms with Crippen molar-refractivity contribution in [2.24, 2.45) is 10.3 Å². The van der Waals surface area contributed by atoms with E-state index in [1.807, 2.05) is 0 Å². The van der Waals surface area contributed by atoms with Gasteiger partial charge < -0.3 is 0 Å². The molecule has 0 fully saturated rings. The summed E-state index contributed by atoms with van der Waals surface area (Å²) < 4.78 is 0. The van der Waals surface area contributed by atoms with Crippen molar-refractivity contribution < 1.29 is 0 Å². The fraction of sp³-hybridized carbons (Fsp3) is 1.00. The minimum absolute atomic E-state index is 0.959. The second kappa shape index (κ2) is 9.40. The second-order valence-electron chi connectivity index (χ2n) is 2.62. The molecule has 0 bridgehead atoms. The molecule has 0 heterocycles. The molecule has 0 unspecified atom stereocenters. The van der Waals surface area contributed by atoms with E-state index in [0.29, 0.717) is 0 Å². The average molecular weight is 157 g/mol. The lowest BCUT2D eigenvalue weighted by Crippen LogP contribution is -2.05. The predicted molar refractivity (Wildman–Crippen MR) is 47.5 cm³/mol. The van der Waals surface area contributed by atoms with Crippen LogP contribution in [0.5, 0.6) is 0 Å². The van der Waals surface area contributed by atoms with Gasteiger partial charge in [0.25, 0.3) is 0 Å². The first kappa shape index (κ1) is 10.4. The number of nitrogens with zero attached hydrogens (tertiary/aromatic N) is 2. The highest BCUT2D eigenvalue weighted by Gasteiger charge is 1.86. The van der Waals surface area contributed by atoms with Crippen molar-refractivity contribution in [2.75, 3.05) is 13.6 Å². The first-order chi connectivity index (χ1) is 5.41. The molecule has 3 nitrogen and oxygen atoms in total. The molecule has 0 radical (unpaired) electrons. The molecule has 0 saturated carbocycles. The van der Waals surface area contributed by atoms with Crippen molar-refractivity contribution in [2.45, 2.75) is 39.0 Å². The fourth-order valence-corrected chi connectivity index (χ4v) is 0.928. The summed E-state index contributed by atoms with van der Waals surface area (Å²) in [5.41, 5.74) is 2.87. The summed E-state index contributed by atoms with van der Waals surface area (Å²) in [4.78, 5) is 0. The zero-order chi connectivity index (χ0) is 8.36. The molecule has 0 saturated heterocycles. The van der Waals surface area contributed by atoms with Gasteiger partial charge in [-0.1, -0.05) is 37.8 Å². The molecule has 0 aliphatic carbocycles. The van der Waals surface area contributed by atoms with Gasteiger partial charge in [-0.3, -0.25) is 5.43 Å². The minimum atomic E-state index is 0.959. The Kier molecular flexibility index (Phi) is 8.89. The van der Waals surface area contributed by atoms with E-state index in [-0.39, 0.29) is 0 Å². The van der Waals surface area contributed by atoms with Gasteiger partial charge in [-0.15, -0.1) is 0 Å². The zero-order valence-electron chi connectivity index (χ0n) is 7.64. The highest BCUT2D eigenvalue weighted by Crippen LogP contribution is 2.00. The van der Waals surface area contributed by atoms with Gasteiger partial charge in [0.05, 0.1) is 7.05 Å². The van der Waals surface area contributed by atoms with E-state index >= 15 is 0 Å². The van der Waals surface area contributed by atoms with Gasteiger partial charge >= 0.3 is 0 Å². The third-order valence-electron chi connectivity index (χ3n) is 1.56. The number of hydrogen-bond donors (Lipinski definition) is 1. The lowest BCUT2D eigenvalue weighted by atomic mass is 10.2. The predicted octanol–water partition coefficient (Wildman–Crippen LogP) is 2.54. The molecule has 3 heteroatoms. The summed E-state index contributed by atoms with van der Waals surface area (Å²) in [7, 11) is 1.67. The van der Waals surface area contributed by atoms with Crippen LogP contribution in [0, 0.1) is 0 Å². The Hall–Kier alpha value is -0.600. The first-order valence-electron chi connectivity index (χ1n) is 4.43. The van der Waals surface area contributed by atoms with Crippen LogP contribution >= 0.6 is 0 Å². The Morgan fingerprint density at radius 3 is 2.45 bits per heavy atom. The van der Waals surface area contributed by atoms with Crippen LogP contribution in [0.2, 0.25) is 0 Å². The van der Waals surface area contributed by atoms with E-state index < -0.39 is 0 Å². The summed E-state index contributed by atoms with van der Waals surface area (Å²) in [5.74, 6) is 0. The summed E-state index contributed by atoms with van der Waals surface area (Å²) in [6.07, 6.45) is 6.53. The lowest BCUT2D eigenvalue weighted by Gasteiger charge is -1.98. The highest BCUT2D eigenvalue weighted by molar-refractivity contribution is 4.43. The molecule has 1 N–H and O–H groups in total. The normalized spacial score (nSPS) is 10.7. The van der Waals surface area contributed by atoms with Crippen LogP contribution in [-0.4, -0.2) is 13.6 Å². The molecule has 0 aliphatic rings. The molecular formula is C8H19N3. The van der Waals surface area contributed by atoms with E-state index in [2.05, 4.69) is 22.7 Å². The summed E-state index contributed by atoms with van der Waals surface area (Å²) in [6, 6.07) is 0. The highest BCUT2D eigenvalue weighted by atomic mass is 15.4. The Morgan fingerprint density at radius 2 is 1.82 bits per heavy atom. The minimum Gasteiger partial charge on any atom is -0.292 e. The van der Waals surface area contributed by atoms with Gasteiger partial charge in [-0.25, -0.2) is 0 Å². The van der Waals surface area contributed by atoms with Gasteiger partial charge in [0.2, 0.25) is 0 Å². The van der Waals surface area contributed by atoms with Crippen LogP contribution in [0.25, 0.3) is 0 Å². The monoisotopic (exact) mass is 157 g/mol. The standard InChI is InChI=1S/C8H19N3/c1-3-4-5-6-7-8-10-11-9-2/h3-8H2,1-2H3,(H,9,10). The molecular weight excluding hydrogens is 138 g/mol. The van der Waals surface area contributed by atoms with Crippen LogP contribution in [0.3, 0.4) is 0 Å². The van der Waals surface area contributed by atoms with Crippen molar-refractivity contribution in [3.63, 3.8) is 0 Å². The van der Waals surface area contributed by atoms with Crippen molar-refractivity contribution >= 4 is 0 Å². The average Bonchev–Trinajstić information content (AvgIpc) is 2.03. The Balaban J connectivity index is 2.79. The first-order valence-corrected chi connectivity index (χ1v) is 4.43. The molecule has 0 aromatic rings. The Bertz CT molecular complexity index is 91.3. The number of unbranched alkanes of at least 4 members (excludes halogenated alkanes) is 4. The molecule has 0 aliphatic heterocycles. The fourth-order valence-electron chi connectivity index (χ4n) is 0.928. The van der Waals surface area contributed by atoms with Crippen LogP contribution in [0.15, 0.2) is 10.3 Å². The van der Waals surface area contributed by atoms with Crippen molar-refractivity contribution in [1.82, 2.24) is 5.43 Å². The number of rotatable bonds is 7. The summed E-state index contributed by atoms with van der Waals surface area (Å²) >= 11 is 0. The van der Waals surface area contributed by atoms with Gasteiger partial charge in [0.1, 0.15) is 0 Å². The van der Waals surface area contributed by atoms with E-state index in [4.69, 9.17) is 0 Å². The summed E-state index contributed by atoms with van der Waals surface area (Å²) in [5, 5.41) is 7.25. The third kappa shape index (κ3) is 9.40. The smallest absolute Gasteiger partial charge is 0.0509 e. The lowest BCUT2D eigenvalue weighted by molar-refractivity contribution is 0.583. The molecule has 0 atom stereocenters. The molecule has 0 aromatic carbocycles. The third-order valence-corrected chi connectivity index (χ3v) is 1.56. The summed E-state index contributed by atoms with van der Waals surface area (Å²) in [6.45, 7) is 3.19. The molecule has 0 amide bonds. The molecule has 0 spiro atoms. The van der Waals surface area contributed by atoms with Gasteiger partial charge in [-0.05, 0) is 6.42 Å². The maximum atomic E-state index is 3.66. The van der Waals surface area contributed by atoms with E-state index in [9.17, 15) is 0 Å². The maximum absolute atomic E-state index is 3.66. The largest absolute Gasteiger partial charge is 0.292 e. The molecule has 0 aromatic heterocycles. The number of nitrogens with one attached hydrogen (secondary N) is 1. The van der Waals surface area contributed by atoms with Crippen LogP contribution < -0.4 is 5.43 Å². The van der Waals surface area contributed by atoms with Crippen molar-refractivity contribution in [3.05, 3.63) is 0 Å². The van der Waals surface area contributed by atoms with E-state index in [1.165, 1.54) is 32.1 Å². The second-order valence-corrected chi connectivity index (χ2v) is 2.62. The van der Waals surface area contributed by atoms with Crippen molar-refractivity contribution in [1.29, 1.82) is 0 Å². The molecule has 11 heavy (non-hydrogen) atoms. The topological polar surface area (TPSA) is 36.8 Å². The van der Waals surface area contributed by atoms with E-state index in [0.717, 1.165) is 6.54 Å². The van der Waals surface area contributed by atoms with Gasteiger partial charge in [0, 0.05) is 6.54 Å². The quantitative estimate of drug-likeness (QED) is 0.344. The number of hydrogen-bond acceptors (Lipinski definition) is 2. The van der Waals surface area contributed by atoms with Crippen molar-refractivity contribution in [3.8, 4) is 0 Å². The van der Waals surface area contributed by atoms with E-state index in [1.54, 1.807) is 7.05 Å². The van der Waals surface area contributed by atoms with Crippen LogP contribution in [0.4, 0.5) is 0 Å².